The Bertz CT molecular complexity index is 317. The molecular weight excluding hydrogens is 230 g/mol. The summed E-state index contributed by atoms with van der Waals surface area (Å²) in [6, 6.07) is 8.83. The molecule has 1 rings (SSSR count). The van der Waals surface area contributed by atoms with E-state index in [9.17, 15) is 5.11 Å². The van der Waals surface area contributed by atoms with E-state index in [-0.39, 0.29) is 12.6 Å². The smallest absolute Gasteiger partial charge is 0.0592 e. The van der Waals surface area contributed by atoms with E-state index in [1.54, 1.807) is 0 Å². The maximum Gasteiger partial charge on any atom is 0.0592 e. The van der Waals surface area contributed by atoms with Gasteiger partial charge in [-0.15, -0.1) is 0 Å². The van der Waals surface area contributed by atoms with Crippen molar-refractivity contribution in [2.45, 2.75) is 32.1 Å². The quantitative estimate of drug-likeness (QED) is 0.747. The van der Waals surface area contributed by atoms with Gasteiger partial charge in [-0.05, 0) is 25.5 Å². The van der Waals surface area contributed by atoms with Crippen LogP contribution in [0.2, 0.25) is 0 Å². The van der Waals surface area contributed by atoms with Crippen molar-refractivity contribution < 1.29 is 5.11 Å². The van der Waals surface area contributed by atoms with Gasteiger partial charge in [-0.1, -0.05) is 36.8 Å². The number of aliphatic hydroxyl groups is 1. The van der Waals surface area contributed by atoms with E-state index in [0.29, 0.717) is 0 Å². The first-order valence-electron chi connectivity index (χ1n) is 6.23. The molecule has 0 saturated heterocycles. The molecule has 0 aliphatic carbocycles. The van der Waals surface area contributed by atoms with Crippen molar-refractivity contribution in [3.05, 3.63) is 35.4 Å². The Morgan fingerprint density at radius 3 is 2.88 bits per heavy atom. The van der Waals surface area contributed by atoms with Crippen LogP contribution in [0.1, 0.15) is 24.5 Å². The largest absolute Gasteiger partial charge is 0.395 e. The molecule has 0 aromatic heterocycles. The average molecular weight is 253 g/mol. The highest BCUT2D eigenvalue weighted by Crippen LogP contribution is 2.14. The third kappa shape index (κ3) is 6.10. The van der Waals surface area contributed by atoms with Gasteiger partial charge in [0.1, 0.15) is 0 Å². The third-order valence-corrected chi connectivity index (χ3v) is 3.75. The standard InChI is InChI=1S/C14H23NOS/c1-3-7-15-14(9-16)11-17-10-13-6-4-5-12(2)8-13/h4-6,8,14-16H,3,7,9-11H2,1-2H3. The predicted octanol–water partition coefficient (Wildman–Crippen LogP) is 2.59. The van der Waals surface area contributed by atoms with E-state index in [0.717, 1.165) is 24.5 Å². The SMILES string of the molecule is CCCNC(CO)CSCc1cccc(C)c1. The van der Waals surface area contributed by atoms with Gasteiger partial charge in [0.05, 0.1) is 6.61 Å². The predicted molar refractivity (Wildman–Crippen MR) is 76.5 cm³/mol. The van der Waals surface area contributed by atoms with Crippen molar-refractivity contribution in [2.24, 2.45) is 0 Å². The molecule has 0 fully saturated rings. The van der Waals surface area contributed by atoms with E-state index in [1.807, 2.05) is 11.8 Å². The van der Waals surface area contributed by atoms with E-state index >= 15 is 0 Å². The van der Waals surface area contributed by atoms with Crippen LogP contribution in [0, 0.1) is 6.92 Å². The van der Waals surface area contributed by atoms with Crippen molar-refractivity contribution in [3.63, 3.8) is 0 Å². The molecule has 0 bridgehead atoms. The first-order valence-corrected chi connectivity index (χ1v) is 7.39. The van der Waals surface area contributed by atoms with Gasteiger partial charge in [0.25, 0.3) is 0 Å². The van der Waals surface area contributed by atoms with Gasteiger partial charge in [-0.25, -0.2) is 0 Å². The molecule has 1 atom stereocenters. The Morgan fingerprint density at radius 2 is 2.24 bits per heavy atom. The molecule has 0 aliphatic heterocycles. The first kappa shape index (κ1) is 14.6. The fourth-order valence-electron chi connectivity index (χ4n) is 1.65. The van der Waals surface area contributed by atoms with Crippen molar-refractivity contribution in [3.8, 4) is 0 Å². The summed E-state index contributed by atoms with van der Waals surface area (Å²) in [6.45, 7) is 5.46. The molecule has 3 heteroatoms. The van der Waals surface area contributed by atoms with Crippen LogP contribution in [0.25, 0.3) is 0 Å². The molecular formula is C14H23NOS. The highest BCUT2D eigenvalue weighted by molar-refractivity contribution is 7.98. The first-order chi connectivity index (χ1) is 8.26. The second-order valence-corrected chi connectivity index (χ2v) is 5.37. The lowest BCUT2D eigenvalue weighted by molar-refractivity contribution is 0.254. The minimum Gasteiger partial charge on any atom is -0.395 e. The number of nitrogens with one attached hydrogen (secondary N) is 1. The molecule has 2 nitrogen and oxygen atoms in total. The average Bonchev–Trinajstić information content (AvgIpc) is 2.33. The van der Waals surface area contributed by atoms with Crippen LogP contribution in [0.5, 0.6) is 0 Å². The molecule has 0 saturated carbocycles. The van der Waals surface area contributed by atoms with Gasteiger partial charge >= 0.3 is 0 Å². The molecule has 1 aromatic rings. The van der Waals surface area contributed by atoms with E-state index in [4.69, 9.17) is 0 Å². The number of thioether (sulfide) groups is 1. The maximum atomic E-state index is 9.22. The summed E-state index contributed by atoms with van der Waals surface area (Å²) in [7, 11) is 0. The lowest BCUT2D eigenvalue weighted by Gasteiger charge is -2.15. The fourth-order valence-corrected chi connectivity index (χ4v) is 2.69. The van der Waals surface area contributed by atoms with Crippen molar-refractivity contribution in [1.82, 2.24) is 5.32 Å². The number of aryl methyl sites for hydroxylation is 1. The Hall–Kier alpha value is -0.510. The van der Waals surface area contributed by atoms with Crippen LogP contribution in [0.15, 0.2) is 24.3 Å². The Labute approximate surface area is 109 Å². The van der Waals surface area contributed by atoms with Crippen LogP contribution in [0.3, 0.4) is 0 Å². The molecule has 0 spiro atoms. The lowest BCUT2D eigenvalue weighted by Crippen LogP contribution is -2.35. The fraction of sp³-hybridized carbons (Fsp3) is 0.571. The monoisotopic (exact) mass is 253 g/mol. The third-order valence-electron chi connectivity index (χ3n) is 2.57. The maximum absolute atomic E-state index is 9.22. The van der Waals surface area contributed by atoms with Gasteiger partial charge in [0, 0.05) is 17.5 Å². The lowest BCUT2D eigenvalue weighted by atomic mass is 10.2. The van der Waals surface area contributed by atoms with Gasteiger partial charge < -0.3 is 10.4 Å². The summed E-state index contributed by atoms with van der Waals surface area (Å²) in [5, 5.41) is 12.6. The second kappa shape index (κ2) is 8.56. The van der Waals surface area contributed by atoms with Gasteiger partial charge in [0.2, 0.25) is 0 Å². The molecule has 2 N–H and O–H groups in total. The molecule has 0 heterocycles. The number of benzene rings is 1. The molecule has 0 aliphatic rings. The normalized spacial score (nSPS) is 12.6. The van der Waals surface area contributed by atoms with Crippen LogP contribution >= 0.6 is 11.8 Å². The molecule has 96 valence electrons. The van der Waals surface area contributed by atoms with Crippen LogP contribution in [0.4, 0.5) is 0 Å². The zero-order valence-electron chi connectivity index (χ0n) is 10.8. The van der Waals surface area contributed by atoms with E-state index in [2.05, 4.69) is 43.4 Å². The summed E-state index contributed by atoms with van der Waals surface area (Å²) < 4.78 is 0. The van der Waals surface area contributed by atoms with Crippen molar-refractivity contribution >= 4 is 11.8 Å². The second-order valence-electron chi connectivity index (χ2n) is 4.34. The highest BCUT2D eigenvalue weighted by Gasteiger charge is 2.05. The Morgan fingerprint density at radius 1 is 1.41 bits per heavy atom. The number of hydrogen-bond acceptors (Lipinski definition) is 3. The topological polar surface area (TPSA) is 32.3 Å². The van der Waals surface area contributed by atoms with Gasteiger partial charge in [-0.3, -0.25) is 0 Å². The number of aliphatic hydroxyl groups excluding tert-OH is 1. The molecule has 1 aromatic carbocycles. The van der Waals surface area contributed by atoms with Crippen molar-refractivity contribution in [1.29, 1.82) is 0 Å². The minimum atomic E-state index is 0.223. The molecule has 0 radical (unpaired) electrons. The van der Waals surface area contributed by atoms with Gasteiger partial charge in [-0.2, -0.15) is 11.8 Å². The summed E-state index contributed by atoms with van der Waals surface area (Å²) >= 11 is 1.88. The molecule has 17 heavy (non-hydrogen) atoms. The summed E-state index contributed by atoms with van der Waals surface area (Å²) in [6.07, 6.45) is 1.11. The minimum absolute atomic E-state index is 0.223. The number of hydrogen-bond donors (Lipinski definition) is 2. The van der Waals surface area contributed by atoms with Crippen LogP contribution < -0.4 is 5.32 Å². The van der Waals surface area contributed by atoms with E-state index in [1.165, 1.54) is 11.1 Å². The van der Waals surface area contributed by atoms with Gasteiger partial charge in [0.15, 0.2) is 0 Å². The van der Waals surface area contributed by atoms with Crippen molar-refractivity contribution in [2.75, 3.05) is 18.9 Å². The number of rotatable bonds is 8. The summed E-state index contributed by atoms with van der Waals surface area (Å²) in [5.41, 5.74) is 2.67. The highest BCUT2D eigenvalue weighted by atomic mass is 32.2. The van der Waals surface area contributed by atoms with Crippen LogP contribution in [-0.4, -0.2) is 30.1 Å². The summed E-state index contributed by atoms with van der Waals surface area (Å²) in [4.78, 5) is 0. The Kier molecular flexibility index (Phi) is 7.33. The van der Waals surface area contributed by atoms with E-state index < -0.39 is 0 Å². The molecule has 0 amide bonds. The van der Waals surface area contributed by atoms with Crippen LogP contribution in [-0.2, 0) is 5.75 Å². The summed E-state index contributed by atoms with van der Waals surface area (Å²) in [5.74, 6) is 1.98. The zero-order valence-corrected chi connectivity index (χ0v) is 11.6. The Balaban J connectivity index is 2.26. The molecule has 1 unspecified atom stereocenters. The zero-order chi connectivity index (χ0) is 12.5.